The molecule has 0 saturated carbocycles. The van der Waals surface area contributed by atoms with Crippen LogP contribution < -0.4 is 5.32 Å². The highest BCUT2D eigenvalue weighted by Crippen LogP contribution is 2.10. The number of anilines is 1. The van der Waals surface area contributed by atoms with Gasteiger partial charge in [0.2, 0.25) is 0 Å². The Morgan fingerprint density at radius 2 is 2.11 bits per heavy atom. The fourth-order valence-electron chi connectivity index (χ4n) is 1.55. The lowest BCUT2D eigenvalue weighted by atomic mass is 10.3. The van der Waals surface area contributed by atoms with Crippen molar-refractivity contribution in [1.29, 1.82) is 0 Å². The van der Waals surface area contributed by atoms with E-state index < -0.39 is 0 Å². The van der Waals surface area contributed by atoms with Gasteiger partial charge in [0.05, 0.1) is 12.2 Å². The topological polar surface area (TPSA) is 58.4 Å². The fourth-order valence-corrected chi connectivity index (χ4v) is 1.55. The highest BCUT2D eigenvalue weighted by molar-refractivity contribution is 5.88. The first-order valence-corrected chi connectivity index (χ1v) is 5.74. The van der Waals surface area contributed by atoms with Gasteiger partial charge in [-0.2, -0.15) is 0 Å². The Bertz CT molecular complexity index is 566. The second-order valence-corrected chi connectivity index (χ2v) is 4.23. The molecular formula is C13H14FN3O2. The minimum Gasteiger partial charge on any atom is -0.359 e. The average molecular weight is 263 g/mol. The van der Waals surface area contributed by atoms with E-state index in [9.17, 15) is 9.18 Å². The molecule has 1 N–H and O–H groups in total. The molecule has 0 fully saturated rings. The van der Waals surface area contributed by atoms with Crippen LogP contribution in [-0.4, -0.2) is 23.1 Å². The summed E-state index contributed by atoms with van der Waals surface area (Å²) in [7, 11) is 1.64. The summed E-state index contributed by atoms with van der Waals surface area (Å²) in [5, 5.41) is 6.40. The molecule has 0 atom stereocenters. The zero-order chi connectivity index (χ0) is 13.8. The van der Waals surface area contributed by atoms with E-state index in [1.807, 2.05) is 6.92 Å². The molecule has 19 heavy (non-hydrogen) atoms. The molecule has 2 aromatic rings. The van der Waals surface area contributed by atoms with E-state index in [0.29, 0.717) is 18.0 Å². The second kappa shape index (κ2) is 5.51. The van der Waals surface area contributed by atoms with Gasteiger partial charge in [0.15, 0.2) is 5.76 Å². The van der Waals surface area contributed by atoms with Gasteiger partial charge in [0.1, 0.15) is 5.82 Å². The number of aromatic nitrogens is 1. The lowest BCUT2D eigenvalue weighted by molar-refractivity contribution is 0.214. The van der Waals surface area contributed by atoms with Gasteiger partial charge in [-0.3, -0.25) is 0 Å². The molecule has 0 aliphatic heterocycles. The molecule has 6 heteroatoms. The van der Waals surface area contributed by atoms with Crippen LogP contribution in [0.5, 0.6) is 0 Å². The van der Waals surface area contributed by atoms with Gasteiger partial charge in [-0.05, 0) is 31.2 Å². The van der Waals surface area contributed by atoms with Gasteiger partial charge in [0, 0.05) is 18.8 Å². The Morgan fingerprint density at radius 1 is 1.42 bits per heavy atom. The molecule has 100 valence electrons. The number of halogens is 1. The summed E-state index contributed by atoms with van der Waals surface area (Å²) < 4.78 is 17.8. The molecule has 0 bridgehead atoms. The summed E-state index contributed by atoms with van der Waals surface area (Å²) in [5.74, 6) is 0.262. The van der Waals surface area contributed by atoms with Gasteiger partial charge < -0.3 is 14.7 Å². The number of urea groups is 1. The van der Waals surface area contributed by atoms with E-state index in [4.69, 9.17) is 4.52 Å². The molecule has 0 unspecified atom stereocenters. The van der Waals surface area contributed by atoms with Crippen LogP contribution in [0, 0.1) is 12.7 Å². The van der Waals surface area contributed by atoms with Crippen molar-refractivity contribution in [3.05, 3.63) is 47.6 Å². The Morgan fingerprint density at radius 3 is 2.68 bits per heavy atom. The number of rotatable bonds is 3. The van der Waals surface area contributed by atoms with E-state index in [-0.39, 0.29) is 11.8 Å². The van der Waals surface area contributed by atoms with Gasteiger partial charge in [-0.25, -0.2) is 9.18 Å². The van der Waals surface area contributed by atoms with Gasteiger partial charge >= 0.3 is 6.03 Å². The molecule has 1 heterocycles. The Labute approximate surface area is 110 Å². The predicted octanol–water partition coefficient (Wildman–Crippen LogP) is 2.79. The standard InChI is InChI=1S/C13H14FN3O2/c1-9-7-12(19-16-9)8-17(2)13(18)15-11-5-3-10(14)4-6-11/h3-7H,8H2,1-2H3,(H,15,18). The number of hydrogen-bond donors (Lipinski definition) is 1. The Hall–Kier alpha value is -2.37. The number of nitrogens with zero attached hydrogens (tertiary/aromatic N) is 2. The summed E-state index contributed by atoms with van der Waals surface area (Å²) in [6.45, 7) is 2.12. The van der Waals surface area contributed by atoms with Crippen molar-refractivity contribution in [2.75, 3.05) is 12.4 Å². The maximum absolute atomic E-state index is 12.7. The number of benzene rings is 1. The second-order valence-electron chi connectivity index (χ2n) is 4.23. The summed E-state index contributed by atoms with van der Waals surface area (Å²) in [5.41, 5.74) is 1.30. The quantitative estimate of drug-likeness (QED) is 0.926. The third-order valence-electron chi connectivity index (χ3n) is 2.51. The van der Waals surface area contributed by atoms with Crippen molar-refractivity contribution in [3.8, 4) is 0 Å². The third kappa shape index (κ3) is 3.54. The normalized spacial score (nSPS) is 10.3. The summed E-state index contributed by atoms with van der Waals surface area (Å²) in [6, 6.07) is 7.03. The van der Waals surface area contributed by atoms with Crippen molar-refractivity contribution < 1.29 is 13.7 Å². The number of carbonyl (C=O) groups excluding carboxylic acids is 1. The van der Waals surface area contributed by atoms with Crippen LogP contribution in [0.4, 0.5) is 14.9 Å². The molecule has 0 saturated heterocycles. The van der Waals surface area contributed by atoms with E-state index in [1.165, 1.54) is 29.2 Å². The third-order valence-corrected chi connectivity index (χ3v) is 2.51. The average Bonchev–Trinajstić information content (AvgIpc) is 2.77. The number of aryl methyl sites for hydroxylation is 1. The van der Waals surface area contributed by atoms with Crippen LogP contribution in [0.2, 0.25) is 0 Å². The largest absolute Gasteiger partial charge is 0.359 e. The molecule has 1 aromatic carbocycles. The lowest BCUT2D eigenvalue weighted by Crippen LogP contribution is -2.30. The van der Waals surface area contributed by atoms with E-state index >= 15 is 0 Å². The maximum Gasteiger partial charge on any atom is 0.321 e. The molecule has 2 amide bonds. The van der Waals surface area contributed by atoms with Gasteiger partial charge in [-0.15, -0.1) is 0 Å². The zero-order valence-corrected chi connectivity index (χ0v) is 10.7. The SMILES string of the molecule is Cc1cc(CN(C)C(=O)Nc2ccc(F)cc2)on1. The molecule has 0 aliphatic rings. The van der Waals surface area contributed by atoms with Gasteiger partial charge in [0.25, 0.3) is 0 Å². The minimum atomic E-state index is -0.344. The van der Waals surface area contributed by atoms with Crippen LogP contribution in [-0.2, 0) is 6.54 Å². The van der Waals surface area contributed by atoms with Gasteiger partial charge in [-0.1, -0.05) is 5.16 Å². The number of amides is 2. The number of hydrogen-bond acceptors (Lipinski definition) is 3. The van der Waals surface area contributed by atoms with Crippen molar-refractivity contribution in [2.24, 2.45) is 0 Å². The smallest absolute Gasteiger partial charge is 0.321 e. The Kier molecular flexibility index (Phi) is 3.79. The van der Waals surface area contributed by atoms with Crippen LogP contribution in [0.25, 0.3) is 0 Å². The first-order chi connectivity index (χ1) is 9.04. The van der Waals surface area contributed by atoms with Crippen LogP contribution in [0.15, 0.2) is 34.9 Å². The fraction of sp³-hybridized carbons (Fsp3) is 0.231. The van der Waals surface area contributed by atoms with E-state index in [0.717, 1.165) is 5.69 Å². The molecule has 0 aliphatic carbocycles. The molecule has 1 aromatic heterocycles. The molecule has 2 rings (SSSR count). The zero-order valence-electron chi connectivity index (χ0n) is 10.7. The number of carbonyl (C=O) groups is 1. The first-order valence-electron chi connectivity index (χ1n) is 5.74. The number of nitrogens with one attached hydrogen (secondary N) is 1. The first kappa shape index (κ1) is 13.1. The monoisotopic (exact) mass is 263 g/mol. The van der Waals surface area contributed by atoms with Crippen molar-refractivity contribution >= 4 is 11.7 Å². The molecule has 0 radical (unpaired) electrons. The molecule has 0 spiro atoms. The van der Waals surface area contributed by atoms with Crippen LogP contribution >= 0.6 is 0 Å². The Balaban J connectivity index is 1.94. The predicted molar refractivity (Wildman–Crippen MR) is 68.1 cm³/mol. The van der Waals surface area contributed by atoms with Crippen molar-refractivity contribution in [1.82, 2.24) is 10.1 Å². The lowest BCUT2D eigenvalue weighted by Gasteiger charge is -2.16. The van der Waals surface area contributed by atoms with Crippen LogP contribution in [0.3, 0.4) is 0 Å². The molecular weight excluding hydrogens is 249 g/mol. The summed E-state index contributed by atoms with van der Waals surface area (Å²) in [6.07, 6.45) is 0. The van der Waals surface area contributed by atoms with Crippen molar-refractivity contribution in [3.63, 3.8) is 0 Å². The highest BCUT2D eigenvalue weighted by atomic mass is 19.1. The van der Waals surface area contributed by atoms with E-state index in [2.05, 4.69) is 10.5 Å². The highest BCUT2D eigenvalue weighted by Gasteiger charge is 2.12. The van der Waals surface area contributed by atoms with E-state index in [1.54, 1.807) is 13.1 Å². The van der Waals surface area contributed by atoms with Crippen LogP contribution in [0.1, 0.15) is 11.5 Å². The minimum absolute atomic E-state index is 0.305. The summed E-state index contributed by atoms with van der Waals surface area (Å²) >= 11 is 0. The van der Waals surface area contributed by atoms with Crippen molar-refractivity contribution in [2.45, 2.75) is 13.5 Å². The molecule has 5 nitrogen and oxygen atoms in total. The maximum atomic E-state index is 12.7. The summed E-state index contributed by atoms with van der Waals surface area (Å²) in [4.78, 5) is 13.3.